The van der Waals surface area contributed by atoms with Crippen molar-refractivity contribution in [3.63, 3.8) is 0 Å². The molecule has 1 saturated heterocycles. The van der Waals surface area contributed by atoms with Crippen LogP contribution in [0.25, 0.3) is 0 Å². The Morgan fingerprint density at radius 1 is 1.12 bits per heavy atom. The van der Waals surface area contributed by atoms with Crippen LogP contribution in [0.3, 0.4) is 0 Å². The molecule has 1 amide bonds. The van der Waals surface area contributed by atoms with Gasteiger partial charge in [-0.2, -0.15) is 0 Å². The number of rotatable bonds is 7. The molecular formula is C22H30N2O2. The zero-order chi connectivity index (χ0) is 18.2. The van der Waals surface area contributed by atoms with Crippen LogP contribution in [0.4, 0.5) is 0 Å². The number of benzene rings is 1. The van der Waals surface area contributed by atoms with Gasteiger partial charge in [-0.25, -0.2) is 0 Å². The second-order valence-corrected chi connectivity index (χ2v) is 7.27. The van der Waals surface area contributed by atoms with E-state index in [1.807, 2.05) is 12.1 Å². The summed E-state index contributed by atoms with van der Waals surface area (Å²) in [7, 11) is 0. The second-order valence-electron chi connectivity index (χ2n) is 7.27. The third kappa shape index (κ3) is 5.46. The van der Waals surface area contributed by atoms with Gasteiger partial charge in [-0.3, -0.25) is 9.69 Å². The van der Waals surface area contributed by atoms with Crippen molar-refractivity contribution in [1.29, 1.82) is 0 Å². The first-order chi connectivity index (χ1) is 12.7. The summed E-state index contributed by atoms with van der Waals surface area (Å²) in [4.78, 5) is 14.8. The van der Waals surface area contributed by atoms with Gasteiger partial charge in [-0.1, -0.05) is 42.7 Å². The number of likely N-dealkylation sites (tertiary alicyclic amines) is 1. The number of carbonyl (C=O) groups is 1. The Hall–Kier alpha value is -2.07. The summed E-state index contributed by atoms with van der Waals surface area (Å²) in [5, 5.41) is 3.13. The lowest BCUT2D eigenvalue weighted by atomic mass is 10.1. The molecular weight excluding hydrogens is 324 g/mol. The largest absolute Gasteiger partial charge is 0.468 e. The lowest BCUT2D eigenvalue weighted by Gasteiger charge is -2.29. The summed E-state index contributed by atoms with van der Waals surface area (Å²) < 4.78 is 5.67. The Morgan fingerprint density at radius 3 is 2.50 bits per heavy atom. The minimum Gasteiger partial charge on any atom is -0.468 e. The summed E-state index contributed by atoms with van der Waals surface area (Å²) in [6, 6.07) is 12.5. The molecule has 2 heterocycles. The quantitative estimate of drug-likeness (QED) is 0.808. The molecule has 3 rings (SSSR count). The number of hydrogen-bond donors (Lipinski definition) is 1. The first-order valence-corrected chi connectivity index (χ1v) is 9.82. The van der Waals surface area contributed by atoms with Gasteiger partial charge in [0.2, 0.25) is 5.91 Å². The highest BCUT2D eigenvalue weighted by Gasteiger charge is 2.24. The molecule has 0 radical (unpaired) electrons. The number of nitrogens with one attached hydrogen (secondary N) is 1. The molecule has 0 bridgehead atoms. The van der Waals surface area contributed by atoms with Crippen molar-refractivity contribution in [1.82, 2.24) is 10.2 Å². The summed E-state index contributed by atoms with van der Waals surface area (Å²) in [6.45, 7) is 4.84. The van der Waals surface area contributed by atoms with Gasteiger partial charge >= 0.3 is 0 Å². The third-order valence-electron chi connectivity index (χ3n) is 5.21. The Bertz CT molecular complexity index is 656. The topological polar surface area (TPSA) is 45.5 Å². The number of carbonyl (C=O) groups excluding carboxylic acids is 1. The van der Waals surface area contributed by atoms with Crippen LogP contribution in [-0.2, 0) is 11.2 Å². The van der Waals surface area contributed by atoms with E-state index in [4.69, 9.17) is 4.42 Å². The SMILES string of the molecule is Cc1ccc(CCC(=O)NCC(c2ccco2)N2CCCCCC2)cc1. The van der Waals surface area contributed by atoms with Crippen molar-refractivity contribution in [2.45, 2.75) is 51.5 Å². The average Bonchev–Trinajstić information content (AvgIpc) is 3.04. The minimum atomic E-state index is 0.108. The van der Waals surface area contributed by atoms with E-state index in [-0.39, 0.29) is 11.9 Å². The van der Waals surface area contributed by atoms with Crippen LogP contribution in [0.1, 0.15) is 55.0 Å². The van der Waals surface area contributed by atoms with Gasteiger partial charge in [-0.05, 0) is 57.0 Å². The molecule has 0 saturated carbocycles. The lowest BCUT2D eigenvalue weighted by Crippen LogP contribution is -2.38. The van der Waals surface area contributed by atoms with E-state index >= 15 is 0 Å². The monoisotopic (exact) mass is 354 g/mol. The second kappa shape index (κ2) is 9.58. The fourth-order valence-electron chi connectivity index (χ4n) is 3.61. The van der Waals surface area contributed by atoms with Crippen LogP contribution in [0.2, 0.25) is 0 Å². The van der Waals surface area contributed by atoms with E-state index in [0.717, 1.165) is 25.3 Å². The number of hydrogen-bond acceptors (Lipinski definition) is 3. The molecule has 140 valence electrons. The Kier molecular flexibility index (Phi) is 6.89. The lowest BCUT2D eigenvalue weighted by molar-refractivity contribution is -0.121. The zero-order valence-electron chi connectivity index (χ0n) is 15.7. The van der Waals surface area contributed by atoms with Gasteiger partial charge in [-0.15, -0.1) is 0 Å². The van der Waals surface area contributed by atoms with Crippen LogP contribution in [0, 0.1) is 6.92 Å². The van der Waals surface area contributed by atoms with Crippen LogP contribution >= 0.6 is 0 Å². The van der Waals surface area contributed by atoms with E-state index in [0.29, 0.717) is 13.0 Å². The maximum atomic E-state index is 12.3. The van der Waals surface area contributed by atoms with E-state index in [2.05, 4.69) is 41.4 Å². The standard InChI is InChI=1S/C22H30N2O2/c1-18-8-10-19(11-9-18)12-13-22(25)23-17-20(21-7-6-16-26-21)24-14-4-2-3-5-15-24/h6-11,16,20H,2-5,12-15,17H2,1H3,(H,23,25). The van der Waals surface area contributed by atoms with Crippen molar-refractivity contribution < 1.29 is 9.21 Å². The van der Waals surface area contributed by atoms with E-state index < -0.39 is 0 Å². The summed E-state index contributed by atoms with van der Waals surface area (Å²) in [5.74, 6) is 1.06. The highest BCUT2D eigenvalue weighted by molar-refractivity contribution is 5.76. The van der Waals surface area contributed by atoms with Crippen molar-refractivity contribution in [3.05, 3.63) is 59.5 Å². The summed E-state index contributed by atoms with van der Waals surface area (Å²) >= 11 is 0. The first kappa shape index (κ1) is 18.7. The minimum absolute atomic E-state index is 0.108. The van der Waals surface area contributed by atoms with Gasteiger partial charge in [0.1, 0.15) is 5.76 Å². The van der Waals surface area contributed by atoms with E-state index in [9.17, 15) is 4.79 Å². The zero-order valence-corrected chi connectivity index (χ0v) is 15.7. The summed E-state index contributed by atoms with van der Waals surface area (Å²) in [6.07, 6.45) is 8.06. The number of furan rings is 1. The molecule has 1 unspecified atom stereocenters. The van der Waals surface area contributed by atoms with E-state index in [1.165, 1.54) is 36.8 Å². The van der Waals surface area contributed by atoms with Gasteiger partial charge in [0.05, 0.1) is 12.3 Å². The number of nitrogens with zero attached hydrogens (tertiary/aromatic N) is 1. The molecule has 26 heavy (non-hydrogen) atoms. The van der Waals surface area contributed by atoms with Crippen LogP contribution in [0.5, 0.6) is 0 Å². The first-order valence-electron chi connectivity index (χ1n) is 9.82. The van der Waals surface area contributed by atoms with Gasteiger partial charge in [0, 0.05) is 13.0 Å². The smallest absolute Gasteiger partial charge is 0.220 e. The normalized spacial score (nSPS) is 16.8. The highest BCUT2D eigenvalue weighted by atomic mass is 16.3. The molecule has 1 aromatic carbocycles. The predicted octanol–water partition coefficient (Wildman–Crippen LogP) is 4.25. The molecule has 4 heteroatoms. The number of amides is 1. The van der Waals surface area contributed by atoms with Gasteiger partial charge < -0.3 is 9.73 Å². The molecule has 1 aliphatic rings. The van der Waals surface area contributed by atoms with E-state index in [1.54, 1.807) is 6.26 Å². The molecule has 1 N–H and O–H groups in total. The van der Waals surface area contributed by atoms with Gasteiger partial charge in [0.15, 0.2) is 0 Å². The number of aryl methyl sites for hydroxylation is 2. The van der Waals surface area contributed by atoms with Crippen molar-refractivity contribution in [2.24, 2.45) is 0 Å². The Balaban J connectivity index is 1.53. The molecule has 1 aliphatic heterocycles. The molecule has 1 atom stereocenters. The van der Waals surface area contributed by atoms with Crippen molar-refractivity contribution in [3.8, 4) is 0 Å². The van der Waals surface area contributed by atoms with Crippen molar-refractivity contribution >= 4 is 5.91 Å². The Labute approximate surface area is 156 Å². The third-order valence-corrected chi connectivity index (χ3v) is 5.21. The maximum Gasteiger partial charge on any atom is 0.220 e. The van der Waals surface area contributed by atoms with Crippen LogP contribution in [0.15, 0.2) is 47.1 Å². The summed E-state index contributed by atoms with van der Waals surface area (Å²) in [5.41, 5.74) is 2.46. The molecule has 1 fully saturated rings. The molecule has 0 spiro atoms. The van der Waals surface area contributed by atoms with Crippen molar-refractivity contribution in [2.75, 3.05) is 19.6 Å². The maximum absolute atomic E-state index is 12.3. The molecule has 4 nitrogen and oxygen atoms in total. The van der Waals surface area contributed by atoms with Gasteiger partial charge in [0.25, 0.3) is 0 Å². The average molecular weight is 354 g/mol. The molecule has 2 aromatic rings. The highest BCUT2D eigenvalue weighted by Crippen LogP contribution is 2.24. The predicted molar refractivity (Wildman–Crippen MR) is 104 cm³/mol. The van der Waals surface area contributed by atoms with Crippen LogP contribution in [-0.4, -0.2) is 30.4 Å². The van der Waals surface area contributed by atoms with Crippen LogP contribution < -0.4 is 5.32 Å². The molecule has 1 aromatic heterocycles. The molecule has 0 aliphatic carbocycles. The fourth-order valence-corrected chi connectivity index (χ4v) is 3.61. The Morgan fingerprint density at radius 2 is 1.85 bits per heavy atom. The fraction of sp³-hybridized carbons (Fsp3) is 0.500.